The maximum absolute atomic E-state index is 13.5. The topological polar surface area (TPSA) is 40.5 Å². The molecule has 1 aromatic rings. The lowest BCUT2D eigenvalue weighted by molar-refractivity contribution is -0.140. The van der Waals surface area contributed by atoms with Gasteiger partial charge in [-0.05, 0) is 50.5 Å². The van der Waals surface area contributed by atoms with E-state index in [2.05, 4.69) is 0 Å². The molecule has 1 aromatic carbocycles. The Morgan fingerprint density at radius 2 is 1.95 bits per heavy atom. The number of fused-ring (bicyclic) bond motifs is 1. The molecule has 0 saturated heterocycles. The molecule has 1 heterocycles. The van der Waals surface area contributed by atoms with Crippen LogP contribution < -0.4 is 4.90 Å². The zero-order chi connectivity index (χ0) is 15.9. The molecular formula is C17H22FNO2. The van der Waals surface area contributed by atoms with Gasteiger partial charge < -0.3 is 10.0 Å². The van der Waals surface area contributed by atoms with Crippen molar-refractivity contribution in [1.29, 1.82) is 0 Å². The third-order valence-electron chi connectivity index (χ3n) is 4.00. The zero-order valence-electron chi connectivity index (χ0n) is 13.1. The molecular weight excluding hydrogens is 269 g/mol. The van der Waals surface area contributed by atoms with Crippen molar-refractivity contribution in [2.75, 3.05) is 4.90 Å². The SMILES string of the molecule is CC1=CC(C)(C)N(C(C(=O)O)C(C)C)c2ccc(F)cc21. The number of hydrogen-bond acceptors (Lipinski definition) is 2. The molecule has 2 rings (SSSR count). The second-order valence-corrected chi connectivity index (χ2v) is 6.54. The lowest BCUT2D eigenvalue weighted by Gasteiger charge is -2.47. The number of halogens is 1. The average Bonchev–Trinajstić information content (AvgIpc) is 2.33. The van der Waals surface area contributed by atoms with E-state index in [1.165, 1.54) is 12.1 Å². The van der Waals surface area contributed by atoms with Gasteiger partial charge in [-0.25, -0.2) is 9.18 Å². The van der Waals surface area contributed by atoms with Crippen molar-refractivity contribution in [3.05, 3.63) is 35.7 Å². The largest absolute Gasteiger partial charge is 0.480 e. The second kappa shape index (κ2) is 5.17. The first-order chi connectivity index (χ1) is 9.65. The Morgan fingerprint density at radius 3 is 2.48 bits per heavy atom. The lowest BCUT2D eigenvalue weighted by atomic mass is 9.85. The van der Waals surface area contributed by atoms with Gasteiger partial charge in [0.1, 0.15) is 11.9 Å². The maximum atomic E-state index is 13.5. The van der Waals surface area contributed by atoms with Crippen molar-refractivity contribution in [2.24, 2.45) is 5.92 Å². The minimum absolute atomic E-state index is 0.0634. The van der Waals surface area contributed by atoms with Crippen molar-refractivity contribution in [3.63, 3.8) is 0 Å². The number of carboxylic acid groups (broad SMARTS) is 1. The molecule has 1 atom stereocenters. The summed E-state index contributed by atoms with van der Waals surface area (Å²) < 4.78 is 13.5. The number of nitrogens with zero attached hydrogens (tertiary/aromatic N) is 1. The number of carbonyl (C=O) groups is 1. The van der Waals surface area contributed by atoms with Crippen LogP contribution in [0.3, 0.4) is 0 Å². The Morgan fingerprint density at radius 1 is 1.33 bits per heavy atom. The van der Waals surface area contributed by atoms with E-state index in [0.29, 0.717) is 0 Å². The highest BCUT2D eigenvalue weighted by atomic mass is 19.1. The van der Waals surface area contributed by atoms with Gasteiger partial charge in [-0.1, -0.05) is 19.9 Å². The van der Waals surface area contributed by atoms with E-state index in [4.69, 9.17) is 0 Å². The third kappa shape index (κ3) is 2.67. The Hall–Kier alpha value is -1.84. The molecule has 0 saturated carbocycles. The summed E-state index contributed by atoms with van der Waals surface area (Å²) in [5, 5.41) is 9.64. The van der Waals surface area contributed by atoms with E-state index in [1.807, 2.05) is 45.6 Å². The monoisotopic (exact) mass is 291 g/mol. The predicted molar refractivity (Wildman–Crippen MR) is 82.9 cm³/mol. The van der Waals surface area contributed by atoms with Crippen molar-refractivity contribution < 1.29 is 14.3 Å². The van der Waals surface area contributed by atoms with Crippen molar-refractivity contribution in [3.8, 4) is 0 Å². The lowest BCUT2D eigenvalue weighted by Crippen LogP contribution is -2.56. The van der Waals surface area contributed by atoms with Gasteiger partial charge in [-0.15, -0.1) is 0 Å². The van der Waals surface area contributed by atoms with E-state index in [0.717, 1.165) is 16.8 Å². The van der Waals surface area contributed by atoms with Crippen LogP contribution >= 0.6 is 0 Å². The number of aliphatic carboxylic acids is 1. The summed E-state index contributed by atoms with van der Waals surface area (Å²) in [6, 6.07) is 3.89. The Balaban J connectivity index is 2.67. The predicted octanol–water partition coefficient (Wildman–Crippen LogP) is 3.94. The number of carboxylic acids is 1. The summed E-state index contributed by atoms with van der Waals surface area (Å²) in [4.78, 5) is 13.6. The molecule has 0 aliphatic carbocycles. The van der Waals surface area contributed by atoms with Crippen LogP contribution in [0, 0.1) is 11.7 Å². The molecule has 4 heteroatoms. The second-order valence-electron chi connectivity index (χ2n) is 6.54. The minimum Gasteiger partial charge on any atom is -0.480 e. The number of benzene rings is 1. The van der Waals surface area contributed by atoms with Crippen LogP contribution in [0.25, 0.3) is 5.57 Å². The van der Waals surface area contributed by atoms with Gasteiger partial charge in [0, 0.05) is 11.3 Å². The van der Waals surface area contributed by atoms with E-state index in [1.54, 1.807) is 6.07 Å². The van der Waals surface area contributed by atoms with Crippen LogP contribution in [0.4, 0.5) is 10.1 Å². The molecule has 114 valence electrons. The van der Waals surface area contributed by atoms with Gasteiger partial charge >= 0.3 is 5.97 Å². The van der Waals surface area contributed by atoms with Gasteiger partial charge in [0.2, 0.25) is 0 Å². The summed E-state index contributed by atoms with van der Waals surface area (Å²) in [7, 11) is 0. The van der Waals surface area contributed by atoms with Crippen LogP contribution in [0.5, 0.6) is 0 Å². The highest BCUT2D eigenvalue weighted by molar-refractivity contribution is 5.87. The molecule has 3 nitrogen and oxygen atoms in total. The molecule has 0 bridgehead atoms. The van der Waals surface area contributed by atoms with Crippen molar-refractivity contribution >= 4 is 17.2 Å². The molecule has 0 radical (unpaired) electrons. The average molecular weight is 291 g/mol. The van der Waals surface area contributed by atoms with Crippen LogP contribution in [-0.4, -0.2) is 22.7 Å². The molecule has 1 N–H and O–H groups in total. The molecule has 0 amide bonds. The summed E-state index contributed by atoms with van der Waals surface area (Å²) >= 11 is 0. The molecule has 1 aliphatic heterocycles. The highest BCUT2D eigenvalue weighted by Gasteiger charge is 2.40. The van der Waals surface area contributed by atoms with Gasteiger partial charge in [0.05, 0.1) is 5.54 Å². The van der Waals surface area contributed by atoms with Crippen molar-refractivity contribution in [1.82, 2.24) is 0 Å². The first kappa shape index (κ1) is 15.5. The zero-order valence-corrected chi connectivity index (χ0v) is 13.1. The van der Waals surface area contributed by atoms with Crippen LogP contribution in [0.1, 0.15) is 40.2 Å². The fraction of sp³-hybridized carbons (Fsp3) is 0.471. The molecule has 21 heavy (non-hydrogen) atoms. The third-order valence-corrected chi connectivity index (χ3v) is 4.00. The van der Waals surface area contributed by atoms with E-state index >= 15 is 0 Å². The van der Waals surface area contributed by atoms with Gasteiger partial charge in [-0.2, -0.15) is 0 Å². The number of hydrogen-bond donors (Lipinski definition) is 1. The Kier molecular flexibility index (Phi) is 3.83. The van der Waals surface area contributed by atoms with Crippen molar-refractivity contribution in [2.45, 2.75) is 46.2 Å². The molecule has 0 aromatic heterocycles. The van der Waals surface area contributed by atoms with E-state index in [-0.39, 0.29) is 11.7 Å². The molecule has 0 fully saturated rings. The first-order valence-corrected chi connectivity index (χ1v) is 7.16. The summed E-state index contributed by atoms with van der Waals surface area (Å²) in [6.07, 6.45) is 2.01. The van der Waals surface area contributed by atoms with E-state index < -0.39 is 17.6 Å². The summed E-state index contributed by atoms with van der Waals surface area (Å²) in [5.41, 5.74) is 2.07. The maximum Gasteiger partial charge on any atom is 0.326 e. The Labute approximate surface area is 125 Å². The van der Waals surface area contributed by atoms with Gasteiger partial charge in [0.25, 0.3) is 0 Å². The minimum atomic E-state index is -0.860. The van der Waals surface area contributed by atoms with Crippen LogP contribution in [-0.2, 0) is 4.79 Å². The van der Waals surface area contributed by atoms with Crippen LogP contribution in [0.2, 0.25) is 0 Å². The highest BCUT2D eigenvalue weighted by Crippen LogP contribution is 2.41. The number of anilines is 1. The van der Waals surface area contributed by atoms with Crippen LogP contribution in [0.15, 0.2) is 24.3 Å². The fourth-order valence-electron chi connectivity index (χ4n) is 3.22. The number of allylic oxidation sites excluding steroid dienone is 1. The fourth-order valence-corrected chi connectivity index (χ4v) is 3.22. The number of rotatable bonds is 3. The standard InChI is InChI=1S/C17H22FNO2/c1-10(2)15(16(20)21)19-14-7-6-12(18)8-13(14)11(3)9-17(19,4)5/h6-10,15H,1-5H3,(H,20,21). The summed E-state index contributed by atoms with van der Waals surface area (Å²) in [6.45, 7) is 9.69. The van der Waals surface area contributed by atoms with Gasteiger partial charge in [-0.3, -0.25) is 0 Å². The summed E-state index contributed by atoms with van der Waals surface area (Å²) in [5.74, 6) is -1.23. The molecule has 1 unspecified atom stereocenters. The smallest absolute Gasteiger partial charge is 0.326 e. The Bertz CT molecular complexity index is 605. The molecule has 0 spiro atoms. The van der Waals surface area contributed by atoms with Gasteiger partial charge in [0.15, 0.2) is 0 Å². The molecule has 1 aliphatic rings. The van der Waals surface area contributed by atoms with E-state index in [9.17, 15) is 14.3 Å². The normalized spacial score (nSPS) is 18.2. The first-order valence-electron chi connectivity index (χ1n) is 7.16. The quantitative estimate of drug-likeness (QED) is 0.917.